The SMILES string of the molecule is O=C(NC1CC(=O)N(Cc2cccc(-c3ccc(C4OC(CN5CCN(Cc6ccccc6)CC5)CC(c5ccc(CO)cc5)O4)cc3)c2)C1=O)OCc1ccccc1. The van der Waals surface area contributed by atoms with Crippen LogP contribution in [0.25, 0.3) is 11.1 Å². The minimum absolute atomic E-state index is 0.00790. The summed E-state index contributed by atoms with van der Waals surface area (Å²) in [5.74, 6) is -0.808. The van der Waals surface area contributed by atoms with E-state index in [-0.39, 0.29) is 44.3 Å². The Morgan fingerprint density at radius 2 is 1.34 bits per heavy atom. The molecule has 8 rings (SSSR count). The highest BCUT2D eigenvalue weighted by Gasteiger charge is 2.40. The molecule has 4 unspecified atom stereocenters. The number of hydrogen-bond donors (Lipinski definition) is 2. The first-order chi connectivity index (χ1) is 28.9. The van der Waals surface area contributed by atoms with Crippen molar-refractivity contribution in [3.8, 4) is 11.1 Å². The summed E-state index contributed by atoms with van der Waals surface area (Å²) in [5.41, 5.74) is 7.67. The van der Waals surface area contributed by atoms with Crippen molar-refractivity contribution in [2.45, 2.75) is 63.7 Å². The number of carbonyl (C=O) groups excluding carboxylic acids is 3. The van der Waals surface area contributed by atoms with Gasteiger partial charge >= 0.3 is 6.09 Å². The summed E-state index contributed by atoms with van der Waals surface area (Å²) in [6, 6.07) is 42.8. The van der Waals surface area contributed by atoms with Crippen LogP contribution in [0.15, 0.2) is 133 Å². The van der Waals surface area contributed by atoms with Gasteiger partial charge in [-0.2, -0.15) is 0 Å². The van der Waals surface area contributed by atoms with E-state index in [0.29, 0.717) is 0 Å². The molecule has 3 aliphatic heterocycles. The first kappa shape index (κ1) is 40.1. The monoisotopic (exact) mass is 794 g/mol. The zero-order chi connectivity index (χ0) is 40.6. The van der Waals surface area contributed by atoms with Gasteiger partial charge in [-0.25, -0.2) is 4.79 Å². The average Bonchev–Trinajstić information content (AvgIpc) is 3.54. The number of hydrogen-bond acceptors (Lipinski definition) is 9. The molecular weight excluding hydrogens is 745 g/mol. The van der Waals surface area contributed by atoms with E-state index in [1.54, 1.807) is 0 Å². The van der Waals surface area contributed by atoms with Crippen LogP contribution in [0.4, 0.5) is 4.79 Å². The molecule has 59 heavy (non-hydrogen) atoms. The summed E-state index contributed by atoms with van der Waals surface area (Å²) < 4.78 is 18.6. The molecule has 11 heteroatoms. The Bertz CT molecular complexity index is 2180. The van der Waals surface area contributed by atoms with Gasteiger partial charge in [-0.1, -0.05) is 127 Å². The Hall–Kier alpha value is -5.69. The highest BCUT2D eigenvalue weighted by Crippen LogP contribution is 2.39. The number of nitrogens with zero attached hydrogens (tertiary/aromatic N) is 3. The van der Waals surface area contributed by atoms with Crippen LogP contribution in [0.5, 0.6) is 0 Å². The van der Waals surface area contributed by atoms with Crippen molar-refractivity contribution in [3.05, 3.63) is 167 Å². The Labute approximate surface area is 345 Å². The lowest BCUT2D eigenvalue weighted by Crippen LogP contribution is -2.49. The second-order valence-corrected chi connectivity index (χ2v) is 15.5. The maximum absolute atomic E-state index is 13.2. The fourth-order valence-electron chi connectivity index (χ4n) is 8.03. The Kier molecular flexibility index (Phi) is 12.9. The smallest absolute Gasteiger partial charge is 0.408 e. The lowest BCUT2D eigenvalue weighted by molar-refractivity contribution is -0.253. The number of piperazine rings is 1. The summed E-state index contributed by atoms with van der Waals surface area (Å²) in [6.45, 7) is 5.88. The summed E-state index contributed by atoms with van der Waals surface area (Å²) >= 11 is 0. The number of alkyl carbamates (subject to hydrolysis) is 1. The fourth-order valence-corrected chi connectivity index (χ4v) is 8.03. The predicted molar refractivity (Wildman–Crippen MR) is 222 cm³/mol. The number of aliphatic hydroxyl groups is 1. The number of likely N-dealkylation sites (tertiary alicyclic amines) is 1. The molecule has 2 N–H and O–H groups in total. The van der Waals surface area contributed by atoms with E-state index in [4.69, 9.17) is 14.2 Å². The molecule has 0 saturated carbocycles. The van der Waals surface area contributed by atoms with Crippen molar-refractivity contribution in [2.75, 3.05) is 32.7 Å². The minimum Gasteiger partial charge on any atom is -0.445 e. The first-order valence-electron chi connectivity index (χ1n) is 20.4. The molecule has 0 spiro atoms. The van der Waals surface area contributed by atoms with Crippen LogP contribution in [-0.4, -0.2) is 82.6 Å². The van der Waals surface area contributed by atoms with Gasteiger partial charge in [0.15, 0.2) is 6.29 Å². The topological polar surface area (TPSA) is 121 Å². The number of rotatable bonds is 13. The van der Waals surface area contributed by atoms with Crippen molar-refractivity contribution >= 4 is 17.9 Å². The second kappa shape index (κ2) is 18.9. The van der Waals surface area contributed by atoms with Crippen molar-refractivity contribution < 1.29 is 33.7 Å². The molecular formula is C48H50N4O7. The molecule has 5 aromatic rings. The molecule has 4 atom stereocenters. The van der Waals surface area contributed by atoms with Gasteiger partial charge < -0.3 is 24.6 Å². The van der Waals surface area contributed by atoms with Gasteiger partial charge in [-0.15, -0.1) is 0 Å². The second-order valence-electron chi connectivity index (χ2n) is 15.5. The number of carbonyl (C=O) groups is 3. The van der Waals surface area contributed by atoms with E-state index < -0.39 is 24.3 Å². The molecule has 0 aromatic heterocycles. The third-order valence-electron chi connectivity index (χ3n) is 11.3. The molecule has 5 aromatic carbocycles. The lowest BCUT2D eigenvalue weighted by Gasteiger charge is -2.40. The molecule has 0 aliphatic carbocycles. The number of benzene rings is 5. The number of nitrogens with one attached hydrogen (secondary N) is 1. The third kappa shape index (κ3) is 10.3. The van der Waals surface area contributed by atoms with E-state index in [1.165, 1.54) is 10.5 Å². The molecule has 3 fully saturated rings. The Balaban J connectivity index is 0.898. The largest absolute Gasteiger partial charge is 0.445 e. The summed E-state index contributed by atoms with van der Waals surface area (Å²) in [4.78, 5) is 44.8. The van der Waals surface area contributed by atoms with E-state index in [0.717, 1.165) is 84.6 Å². The fraction of sp³-hybridized carbons (Fsp3) is 0.312. The molecule has 11 nitrogen and oxygen atoms in total. The number of aliphatic hydroxyl groups excluding tert-OH is 1. The van der Waals surface area contributed by atoms with Crippen molar-refractivity contribution in [1.82, 2.24) is 20.0 Å². The van der Waals surface area contributed by atoms with Crippen LogP contribution >= 0.6 is 0 Å². The third-order valence-corrected chi connectivity index (χ3v) is 11.3. The maximum Gasteiger partial charge on any atom is 0.408 e. The van der Waals surface area contributed by atoms with Gasteiger partial charge in [-0.3, -0.25) is 24.3 Å². The Morgan fingerprint density at radius 1 is 0.678 bits per heavy atom. The van der Waals surface area contributed by atoms with Gasteiger partial charge in [0.2, 0.25) is 5.91 Å². The van der Waals surface area contributed by atoms with Crippen LogP contribution in [0.3, 0.4) is 0 Å². The standard InChI is InChI=1S/C48H50N4O7/c53-32-35-14-16-39(17-15-35)44-27-42(31-51-24-22-50(23-25-51)29-34-8-3-1-4-9-34)58-47(59-44)40-20-18-38(19-21-40)41-13-7-12-37(26-41)30-52-45(54)28-43(46(52)55)49-48(56)57-33-36-10-5-2-6-11-36/h1-21,26,42-44,47,53H,22-25,27-33H2,(H,49,56). The van der Waals surface area contributed by atoms with Crippen LogP contribution < -0.4 is 5.32 Å². The number of ether oxygens (including phenoxy) is 3. The molecule has 304 valence electrons. The lowest BCUT2D eigenvalue weighted by atomic mass is 9.98. The van der Waals surface area contributed by atoms with Crippen molar-refractivity contribution in [1.29, 1.82) is 0 Å². The van der Waals surface area contributed by atoms with E-state index in [1.807, 2.05) is 103 Å². The van der Waals surface area contributed by atoms with Gasteiger partial charge in [0.25, 0.3) is 5.91 Å². The van der Waals surface area contributed by atoms with Gasteiger partial charge in [-0.05, 0) is 45.0 Å². The van der Waals surface area contributed by atoms with Crippen LogP contribution in [-0.2, 0) is 50.1 Å². The summed E-state index contributed by atoms with van der Waals surface area (Å²) in [5, 5.41) is 12.2. The van der Waals surface area contributed by atoms with E-state index in [2.05, 4.69) is 45.4 Å². The zero-order valence-electron chi connectivity index (χ0n) is 33.0. The van der Waals surface area contributed by atoms with Crippen molar-refractivity contribution in [2.24, 2.45) is 0 Å². The van der Waals surface area contributed by atoms with Crippen LogP contribution in [0, 0.1) is 0 Å². The molecule has 3 heterocycles. The quantitative estimate of drug-likeness (QED) is 0.125. The predicted octanol–water partition coefficient (Wildman–Crippen LogP) is 6.76. The normalized spacial score (nSPS) is 21.4. The highest BCUT2D eigenvalue weighted by molar-refractivity contribution is 6.06. The molecule has 3 aliphatic rings. The molecule has 0 radical (unpaired) electrons. The number of amides is 3. The molecule has 3 saturated heterocycles. The minimum atomic E-state index is -0.972. The first-order valence-corrected chi connectivity index (χ1v) is 20.4. The number of imide groups is 1. The Morgan fingerprint density at radius 3 is 2.05 bits per heavy atom. The molecule has 0 bridgehead atoms. The maximum atomic E-state index is 13.2. The van der Waals surface area contributed by atoms with Gasteiger partial charge in [0.05, 0.1) is 31.8 Å². The van der Waals surface area contributed by atoms with Crippen LogP contribution in [0.1, 0.15) is 58.6 Å². The van der Waals surface area contributed by atoms with E-state index in [9.17, 15) is 19.5 Å². The van der Waals surface area contributed by atoms with Crippen LogP contribution in [0.2, 0.25) is 0 Å². The van der Waals surface area contributed by atoms with Crippen molar-refractivity contribution in [3.63, 3.8) is 0 Å². The van der Waals surface area contributed by atoms with E-state index >= 15 is 0 Å². The average molecular weight is 795 g/mol. The zero-order valence-corrected chi connectivity index (χ0v) is 33.0. The van der Waals surface area contributed by atoms with Gasteiger partial charge in [0, 0.05) is 51.3 Å². The highest BCUT2D eigenvalue weighted by atomic mass is 16.7. The molecule has 3 amide bonds. The summed E-state index contributed by atoms with van der Waals surface area (Å²) in [7, 11) is 0. The van der Waals surface area contributed by atoms with Gasteiger partial charge in [0.1, 0.15) is 12.6 Å². The summed E-state index contributed by atoms with van der Waals surface area (Å²) in [6.07, 6.45) is -0.923.